The highest BCUT2D eigenvalue weighted by atomic mass is 35.5. The van der Waals surface area contributed by atoms with E-state index in [1.807, 2.05) is 6.92 Å². The molecule has 5 N–H and O–H groups in total. The highest BCUT2D eigenvalue weighted by Crippen LogP contribution is 2.31. The zero-order valence-corrected chi connectivity index (χ0v) is 13.5. The van der Waals surface area contributed by atoms with Gasteiger partial charge in [0.1, 0.15) is 6.23 Å². The number of nitrogens with one attached hydrogen (secondary N) is 5. The number of hydroxylamine groups is 1. The van der Waals surface area contributed by atoms with Gasteiger partial charge in [-0.3, -0.25) is 20.8 Å². The van der Waals surface area contributed by atoms with Gasteiger partial charge in [-0.05, 0) is 51.0 Å². The van der Waals surface area contributed by atoms with Crippen molar-refractivity contribution in [3.05, 3.63) is 0 Å². The SMILES string of the molecule is CC1NC(C2CCC(CNC3CNC(Cl)CN3)CC2)NO1. The minimum Gasteiger partial charge on any atom is -0.301 e. The molecule has 0 aromatic carbocycles. The molecule has 0 spiro atoms. The van der Waals surface area contributed by atoms with Crippen molar-refractivity contribution in [1.82, 2.24) is 26.7 Å². The molecule has 0 aromatic rings. The average Bonchev–Trinajstić information content (AvgIpc) is 2.94. The molecule has 4 unspecified atom stereocenters. The first-order chi connectivity index (χ1) is 10.2. The summed E-state index contributed by atoms with van der Waals surface area (Å²) in [7, 11) is 0. The Kier molecular flexibility index (Phi) is 5.72. The Hall–Kier alpha value is 0.0500. The van der Waals surface area contributed by atoms with Crippen molar-refractivity contribution in [3.8, 4) is 0 Å². The normalized spacial score (nSPS) is 44.9. The number of piperazine rings is 1. The summed E-state index contributed by atoms with van der Waals surface area (Å²) in [6.45, 7) is 4.86. The Morgan fingerprint density at radius 3 is 2.57 bits per heavy atom. The molecule has 21 heavy (non-hydrogen) atoms. The van der Waals surface area contributed by atoms with E-state index in [0.717, 1.165) is 25.6 Å². The van der Waals surface area contributed by atoms with Gasteiger partial charge in [0.25, 0.3) is 0 Å². The highest BCUT2D eigenvalue weighted by Gasteiger charge is 2.32. The Morgan fingerprint density at radius 2 is 1.95 bits per heavy atom. The fraction of sp³-hybridized carbons (Fsp3) is 1.00. The molecule has 1 aliphatic carbocycles. The predicted octanol–water partition coefficient (Wildman–Crippen LogP) is 0.263. The summed E-state index contributed by atoms with van der Waals surface area (Å²) in [6, 6.07) is 0. The van der Waals surface area contributed by atoms with E-state index in [9.17, 15) is 0 Å². The van der Waals surface area contributed by atoms with E-state index in [-0.39, 0.29) is 11.7 Å². The van der Waals surface area contributed by atoms with Gasteiger partial charge in [-0.25, -0.2) is 0 Å². The summed E-state index contributed by atoms with van der Waals surface area (Å²) < 4.78 is 0. The molecule has 7 heteroatoms. The van der Waals surface area contributed by atoms with Crippen molar-refractivity contribution in [2.45, 2.75) is 56.7 Å². The lowest BCUT2D eigenvalue weighted by atomic mass is 9.80. The molecule has 3 aliphatic rings. The van der Waals surface area contributed by atoms with E-state index in [1.54, 1.807) is 0 Å². The van der Waals surface area contributed by atoms with E-state index in [1.165, 1.54) is 25.7 Å². The Morgan fingerprint density at radius 1 is 1.14 bits per heavy atom. The van der Waals surface area contributed by atoms with Crippen LogP contribution in [-0.4, -0.2) is 43.7 Å². The third kappa shape index (κ3) is 4.51. The summed E-state index contributed by atoms with van der Waals surface area (Å²) in [5, 5.41) is 13.8. The molecule has 3 fully saturated rings. The zero-order valence-electron chi connectivity index (χ0n) is 12.7. The van der Waals surface area contributed by atoms with Crippen LogP contribution >= 0.6 is 11.6 Å². The number of alkyl halides is 1. The maximum atomic E-state index is 6.00. The van der Waals surface area contributed by atoms with Crippen LogP contribution in [0.3, 0.4) is 0 Å². The number of hydrogen-bond acceptors (Lipinski definition) is 6. The van der Waals surface area contributed by atoms with E-state index < -0.39 is 0 Å². The monoisotopic (exact) mass is 317 g/mol. The lowest BCUT2D eigenvalue weighted by Gasteiger charge is -2.34. The standard InChI is InChI=1S/C14H28ClN5O/c1-9-19-14(20-21-9)11-4-2-10(3-5-11)6-17-13-8-16-12(15)7-18-13/h9-14,16-20H,2-8H2,1H3. The molecule has 2 saturated heterocycles. The van der Waals surface area contributed by atoms with Gasteiger partial charge in [-0.2, -0.15) is 5.48 Å². The minimum absolute atomic E-state index is 0.0644. The summed E-state index contributed by atoms with van der Waals surface area (Å²) in [5.41, 5.74) is 3.19. The van der Waals surface area contributed by atoms with Gasteiger partial charge < -0.3 is 5.32 Å². The maximum Gasteiger partial charge on any atom is 0.128 e. The topological polar surface area (TPSA) is 69.4 Å². The zero-order chi connectivity index (χ0) is 14.7. The molecular formula is C14H28ClN5O. The van der Waals surface area contributed by atoms with Gasteiger partial charge in [-0.1, -0.05) is 0 Å². The average molecular weight is 318 g/mol. The number of halogens is 1. The largest absolute Gasteiger partial charge is 0.301 e. The molecule has 0 bridgehead atoms. The molecule has 0 amide bonds. The van der Waals surface area contributed by atoms with Gasteiger partial charge in [0.2, 0.25) is 0 Å². The van der Waals surface area contributed by atoms with Gasteiger partial charge in [0, 0.05) is 13.1 Å². The van der Waals surface area contributed by atoms with Crippen LogP contribution in [0.1, 0.15) is 32.6 Å². The summed E-state index contributed by atoms with van der Waals surface area (Å²) in [4.78, 5) is 5.38. The second kappa shape index (κ2) is 7.55. The Balaban J connectivity index is 1.32. The smallest absolute Gasteiger partial charge is 0.128 e. The Bertz CT molecular complexity index is 318. The van der Waals surface area contributed by atoms with Crippen LogP contribution in [0, 0.1) is 11.8 Å². The van der Waals surface area contributed by atoms with Crippen LogP contribution in [0.2, 0.25) is 0 Å². The first-order valence-electron chi connectivity index (χ1n) is 8.22. The van der Waals surface area contributed by atoms with Crippen molar-refractivity contribution >= 4 is 11.6 Å². The van der Waals surface area contributed by atoms with Crippen LogP contribution in [0.5, 0.6) is 0 Å². The van der Waals surface area contributed by atoms with E-state index in [2.05, 4.69) is 26.7 Å². The van der Waals surface area contributed by atoms with Crippen molar-refractivity contribution in [1.29, 1.82) is 0 Å². The van der Waals surface area contributed by atoms with Crippen LogP contribution in [0.25, 0.3) is 0 Å². The second-order valence-corrected chi connectivity index (χ2v) is 7.07. The minimum atomic E-state index is 0.0644. The summed E-state index contributed by atoms with van der Waals surface area (Å²) in [5.74, 6) is 1.48. The van der Waals surface area contributed by atoms with Crippen LogP contribution in [0.4, 0.5) is 0 Å². The van der Waals surface area contributed by atoms with Crippen molar-refractivity contribution < 1.29 is 4.84 Å². The van der Waals surface area contributed by atoms with Crippen LogP contribution in [0.15, 0.2) is 0 Å². The van der Waals surface area contributed by atoms with Crippen molar-refractivity contribution in [3.63, 3.8) is 0 Å². The number of hydrogen-bond donors (Lipinski definition) is 5. The maximum absolute atomic E-state index is 6.00. The highest BCUT2D eigenvalue weighted by molar-refractivity contribution is 6.20. The van der Waals surface area contributed by atoms with Crippen LogP contribution in [-0.2, 0) is 4.84 Å². The molecule has 3 rings (SSSR count). The fourth-order valence-corrected chi connectivity index (χ4v) is 3.72. The first-order valence-corrected chi connectivity index (χ1v) is 8.66. The lowest BCUT2D eigenvalue weighted by molar-refractivity contribution is 0.0251. The molecule has 0 aromatic heterocycles. The van der Waals surface area contributed by atoms with Crippen LogP contribution < -0.4 is 26.7 Å². The van der Waals surface area contributed by atoms with Crippen molar-refractivity contribution in [2.24, 2.45) is 11.8 Å². The molecule has 4 atom stereocenters. The fourth-order valence-electron chi connectivity index (χ4n) is 3.54. The van der Waals surface area contributed by atoms with Gasteiger partial charge in [-0.15, -0.1) is 11.6 Å². The molecule has 2 heterocycles. The van der Waals surface area contributed by atoms with E-state index >= 15 is 0 Å². The Labute approximate surface area is 132 Å². The van der Waals surface area contributed by atoms with Gasteiger partial charge in [0.15, 0.2) is 0 Å². The second-order valence-electron chi connectivity index (χ2n) is 6.55. The van der Waals surface area contributed by atoms with Gasteiger partial charge in [0.05, 0.1) is 17.8 Å². The summed E-state index contributed by atoms with van der Waals surface area (Å²) >= 11 is 6.00. The molecule has 122 valence electrons. The third-order valence-corrected chi connectivity index (χ3v) is 5.20. The molecule has 2 aliphatic heterocycles. The molecule has 1 saturated carbocycles. The van der Waals surface area contributed by atoms with Gasteiger partial charge >= 0.3 is 0 Å². The van der Waals surface area contributed by atoms with E-state index in [4.69, 9.17) is 16.4 Å². The molecular weight excluding hydrogens is 290 g/mol. The molecule has 0 radical (unpaired) electrons. The molecule has 6 nitrogen and oxygen atoms in total. The van der Waals surface area contributed by atoms with Crippen molar-refractivity contribution in [2.75, 3.05) is 19.6 Å². The lowest BCUT2D eigenvalue weighted by Crippen LogP contribution is -2.58. The first kappa shape index (κ1) is 15.9. The predicted molar refractivity (Wildman–Crippen MR) is 83.5 cm³/mol. The quantitative estimate of drug-likeness (QED) is 0.379. The van der Waals surface area contributed by atoms with E-state index in [0.29, 0.717) is 18.2 Å². The summed E-state index contributed by atoms with van der Waals surface area (Å²) in [6.07, 6.45) is 5.95. The number of rotatable bonds is 4. The third-order valence-electron chi connectivity index (χ3n) is 4.89.